The second-order valence-electron chi connectivity index (χ2n) is 7.80. The molecule has 2 amide bonds. The average Bonchev–Trinajstić information content (AvgIpc) is 2.81. The van der Waals surface area contributed by atoms with E-state index in [1.165, 1.54) is 30.1 Å². The van der Waals surface area contributed by atoms with Crippen molar-refractivity contribution in [3.8, 4) is 5.75 Å². The first-order valence-corrected chi connectivity index (χ1v) is 12.8. The number of carbonyl (C=O) groups is 2. The van der Waals surface area contributed by atoms with E-state index in [-0.39, 0.29) is 43.4 Å². The van der Waals surface area contributed by atoms with Crippen molar-refractivity contribution in [1.82, 2.24) is 10.2 Å². The highest BCUT2D eigenvalue weighted by atomic mass is 32.2. The second kappa shape index (κ2) is 12.4. The molecule has 1 atom stereocenters. The van der Waals surface area contributed by atoms with Crippen molar-refractivity contribution in [2.24, 2.45) is 0 Å². The minimum Gasteiger partial charge on any atom is -0.497 e. The molecule has 0 bridgehead atoms. The molecule has 1 N–H and O–H groups in total. The molecule has 2 aromatic carbocycles. The first-order valence-electron chi connectivity index (χ1n) is 11.0. The van der Waals surface area contributed by atoms with Crippen molar-refractivity contribution in [1.29, 1.82) is 0 Å². The number of hydrogen-bond donors (Lipinski definition) is 1. The highest BCUT2D eigenvalue weighted by Crippen LogP contribution is 2.23. The monoisotopic (exact) mass is 493 g/mol. The Hall–Kier alpha value is -3.14. The Balaban J connectivity index is 2.21. The predicted octanol–water partition coefficient (Wildman–Crippen LogP) is 2.93. The van der Waals surface area contributed by atoms with E-state index in [4.69, 9.17) is 4.74 Å². The quantitative estimate of drug-likeness (QED) is 0.491. The van der Waals surface area contributed by atoms with Gasteiger partial charge in [-0.2, -0.15) is 0 Å². The topological polar surface area (TPSA) is 96.0 Å². The molecule has 186 valence electrons. The molecule has 2 rings (SSSR count). The summed E-state index contributed by atoms with van der Waals surface area (Å²) in [5.41, 5.74) is 0.724. The number of halogens is 1. The summed E-state index contributed by atoms with van der Waals surface area (Å²) in [5.74, 6) is -0.626. The summed E-state index contributed by atoms with van der Waals surface area (Å²) in [6.07, 6.45) is 1.53. The zero-order chi connectivity index (χ0) is 25.3. The number of benzene rings is 2. The van der Waals surface area contributed by atoms with E-state index in [2.05, 4.69) is 5.32 Å². The number of nitrogens with one attached hydrogen (secondary N) is 1. The van der Waals surface area contributed by atoms with Crippen LogP contribution in [-0.2, 0) is 26.2 Å². The van der Waals surface area contributed by atoms with Crippen LogP contribution in [0.1, 0.15) is 31.7 Å². The molecule has 0 radical (unpaired) electrons. The molecule has 0 aromatic heterocycles. The molecule has 0 aliphatic rings. The van der Waals surface area contributed by atoms with E-state index in [0.717, 1.165) is 16.1 Å². The smallest absolute Gasteiger partial charge is 0.242 e. The predicted molar refractivity (Wildman–Crippen MR) is 130 cm³/mol. The molecule has 0 aliphatic carbocycles. The van der Waals surface area contributed by atoms with Gasteiger partial charge in [0.15, 0.2) is 0 Å². The Bertz CT molecular complexity index is 1090. The molecule has 34 heavy (non-hydrogen) atoms. The van der Waals surface area contributed by atoms with E-state index < -0.39 is 21.9 Å². The van der Waals surface area contributed by atoms with Crippen molar-refractivity contribution >= 4 is 27.5 Å². The molecule has 10 heteroatoms. The van der Waals surface area contributed by atoms with Gasteiger partial charge in [-0.05, 0) is 42.7 Å². The lowest BCUT2D eigenvalue weighted by atomic mass is 10.1. The number of methoxy groups -OCH3 is 1. The molecular formula is C24H32FN3O5S. The summed E-state index contributed by atoms with van der Waals surface area (Å²) >= 11 is 0. The zero-order valence-electron chi connectivity index (χ0n) is 20.0. The maximum absolute atomic E-state index is 14.2. The number of hydrogen-bond acceptors (Lipinski definition) is 5. The van der Waals surface area contributed by atoms with Crippen LogP contribution in [0.15, 0.2) is 48.5 Å². The molecule has 0 saturated carbocycles. The van der Waals surface area contributed by atoms with Gasteiger partial charge in [-0.1, -0.05) is 31.2 Å². The molecule has 2 aromatic rings. The Morgan fingerprint density at radius 3 is 2.44 bits per heavy atom. The number of rotatable bonds is 12. The van der Waals surface area contributed by atoms with Gasteiger partial charge in [0, 0.05) is 26.6 Å². The number of sulfonamides is 1. The van der Waals surface area contributed by atoms with E-state index in [1.54, 1.807) is 31.4 Å². The van der Waals surface area contributed by atoms with E-state index in [1.807, 2.05) is 13.0 Å². The Kier molecular flexibility index (Phi) is 9.85. The zero-order valence-corrected chi connectivity index (χ0v) is 20.8. The van der Waals surface area contributed by atoms with Crippen LogP contribution in [-0.4, -0.2) is 58.1 Å². The summed E-state index contributed by atoms with van der Waals surface area (Å²) in [6.45, 7) is 1.93. The van der Waals surface area contributed by atoms with Crippen molar-refractivity contribution < 1.29 is 27.1 Å². The highest BCUT2D eigenvalue weighted by molar-refractivity contribution is 7.92. The number of amides is 2. The van der Waals surface area contributed by atoms with Crippen LogP contribution in [0.25, 0.3) is 0 Å². The Morgan fingerprint density at radius 1 is 1.15 bits per heavy atom. The lowest BCUT2D eigenvalue weighted by Crippen LogP contribution is -2.48. The van der Waals surface area contributed by atoms with Crippen LogP contribution in [0, 0.1) is 5.82 Å². The van der Waals surface area contributed by atoms with Crippen LogP contribution in [0.4, 0.5) is 10.1 Å². The normalized spacial score (nSPS) is 12.0. The molecular weight excluding hydrogens is 461 g/mol. The highest BCUT2D eigenvalue weighted by Gasteiger charge is 2.28. The molecule has 0 unspecified atom stereocenters. The number of nitrogens with zero attached hydrogens (tertiary/aromatic N) is 2. The maximum atomic E-state index is 14.2. The van der Waals surface area contributed by atoms with Gasteiger partial charge in [0.1, 0.15) is 17.6 Å². The molecule has 0 fully saturated rings. The van der Waals surface area contributed by atoms with Crippen LogP contribution in [0.2, 0.25) is 0 Å². The average molecular weight is 494 g/mol. The maximum Gasteiger partial charge on any atom is 0.242 e. The van der Waals surface area contributed by atoms with Gasteiger partial charge in [0.2, 0.25) is 21.8 Å². The fourth-order valence-electron chi connectivity index (χ4n) is 3.69. The molecule has 0 heterocycles. The van der Waals surface area contributed by atoms with Crippen molar-refractivity contribution in [2.45, 2.75) is 38.8 Å². The van der Waals surface area contributed by atoms with Crippen LogP contribution >= 0.6 is 0 Å². The van der Waals surface area contributed by atoms with Gasteiger partial charge in [0.25, 0.3) is 0 Å². The lowest BCUT2D eigenvalue weighted by molar-refractivity contribution is -0.141. The van der Waals surface area contributed by atoms with Gasteiger partial charge in [0.05, 0.1) is 19.1 Å². The van der Waals surface area contributed by atoms with Crippen molar-refractivity contribution in [2.75, 3.05) is 31.3 Å². The first-order chi connectivity index (χ1) is 16.1. The lowest BCUT2D eigenvalue weighted by Gasteiger charge is -2.31. The fourth-order valence-corrected chi connectivity index (χ4v) is 4.66. The Labute approximate surface area is 200 Å². The summed E-state index contributed by atoms with van der Waals surface area (Å²) < 4.78 is 45.0. The van der Waals surface area contributed by atoms with Gasteiger partial charge >= 0.3 is 0 Å². The molecule has 0 aliphatic heterocycles. The van der Waals surface area contributed by atoms with Gasteiger partial charge in [-0.3, -0.25) is 13.9 Å². The van der Waals surface area contributed by atoms with E-state index in [9.17, 15) is 22.4 Å². The number of likely N-dealkylation sites (N-methyl/N-ethyl adjacent to an activating group) is 1. The van der Waals surface area contributed by atoms with E-state index >= 15 is 0 Å². The number of carbonyl (C=O) groups excluding carboxylic acids is 2. The SMILES string of the molecule is CC[C@H](C(=O)NC)N(Cc1cccc(OC)c1)C(=O)CCCN(c1ccccc1F)S(C)(=O)=O. The summed E-state index contributed by atoms with van der Waals surface area (Å²) in [5, 5.41) is 2.59. The molecule has 0 spiro atoms. The van der Waals surface area contributed by atoms with Crippen LogP contribution in [0.5, 0.6) is 5.75 Å². The first kappa shape index (κ1) is 27.1. The minimum absolute atomic E-state index is 0.0159. The summed E-state index contributed by atoms with van der Waals surface area (Å²) in [7, 11) is -0.705. The standard InChI is InChI=1S/C24H32FN3O5S/c1-5-21(24(30)26-2)27(17-18-10-8-11-19(16-18)33-3)23(29)14-9-15-28(34(4,31)32)22-13-7-6-12-20(22)25/h6-8,10-13,16,21H,5,9,14-15,17H2,1-4H3,(H,26,30)/t21-/m1/s1. The molecule has 0 saturated heterocycles. The number of anilines is 1. The third kappa shape index (κ3) is 7.18. The summed E-state index contributed by atoms with van der Waals surface area (Å²) in [4.78, 5) is 27.2. The van der Waals surface area contributed by atoms with Crippen LogP contribution in [0.3, 0.4) is 0 Å². The summed E-state index contributed by atoms with van der Waals surface area (Å²) in [6, 6.07) is 12.1. The van der Waals surface area contributed by atoms with Gasteiger partial charge in [-0.25, -0.2) is 12.8 Å². The molecule has 8 nitrogen and oxygen atoms in total. The number of ether oxygens (including phenoxy) is 1. The fraction of sp³-hybridized carbons (Fsp3) is 0.417. The van der Waals surface area contributed by atoms with Gasteiger partial charge < -0.3 is 15.0 Å². The minimum atomic E-state index is -3.76. The van der Waals surface area contributed by atoms with Gasteiger partial charge in [-0.15, -0.1) is 0 Å². The van der Waals surface area contributed by atoms with E-state index in [0.29, 0.717) is 12.2 Å². The second-order valence-corrected chi connectivity index (χ2v) is 9.71. The largest absolute Gasteiger partial charge is 0.497 e. The Morgan fingerprint density at radius 2 is 1.85 bits per heavy atom. The van der Waals surface area contributed by atoms with Crippen LogP contribution < -0.4 is 14.4 Å². The number of para-hydroxylation sites is 1. The van der Waals surface area contributed by atoms with Crippen molar-refractivity contribution in [3.63, 3.8) is 0 Å². The third-order valence-corrected chi connectivity index (χ3v) is 6.57. The van der Waals surface area contributed by atoms with Crippen molar-refractivity contribution in [3.05, 3.63) is 59.9 Å². The third-order valence-electron chi connectivity index (χ3n) is 5.39.